The lowest BCUT2D eigenvalue weighted by atomic mass is 9.57. The largest absolute Gasteiger partial charge is 0.361 e. The predicted octanol–water partition coefficient (Wildman–Crippen LogP) is 6.09. The molecule has 0 aliphatic heterocycles. The number of benzene rings is 1. The first-order chi connectivity index (χ1) is 14.7. The van der Waals surface area contributed by atoms with Gasteiger partial charge in [0.1, 0.15) is 11.6 Å². The molecule has 0 bridgehead atoms. The van der Waals surface area contributed by atoms with E-state index in [-0.39, 0.29) is 5.41 Å². The van der Waals surface area contributed by atoms with Gasteiger partial charge < -0.3 is 9.09 Å². The number of aromatic nitrogens is 3. The molecule has 3 aliphatic rings. The van der Waals surface area contributed by atoms with Crippen molar-refractivity contribution >= 4 is 0 Å². The van der Waals surface area contributed by atoms with Gasteiger partial charge in [-0.05, 0) is 50.2 Å². The smallest absolute Gasteiger partial charge is 0.143 e. The molecule has 3 aromatic rings. The van der Waals surface area contributed by atoms with Crippen LogP contribution < -0.4 is 0 Å². The van der Waals surface area contributed by atoms with Crippen LogP contribution in [0.3, 0.4) is 0 Å². The van der Waals surface area contributed by atoms with Crippen LogP contribution in [0.5, 0.6) is 0 Å². The van der Waals surface area contributed by atoms with E-state index < -0.39 is 0 Å². The van der Waals surface area contributed by atoms with Crippen LogP contribution in [0.2, 0.25) is 0 Å². The van der Waals surface area contributed by atoms with Gasteiger partial charge in [-0.1, -0.05) is 56.5 Å². The van der Waals surface area contributed by atoms with Crippen LogP contribution in [-0.4, -0.2) is 14.7 Å². The minimum atomic E-state index is 0.0506. The molecular weight excluding hydrogens is 370 g/mol. The van der Waals surface area contributed by atoms with Crippen molar-refractivity contribution in [1.82, 2.24) is 14.7 Å². The van der Waals surface area contributed by atoms with E-state index in [1.807, 2.05) is 6.20 Å². The number of nitrogens with zero attached hydrogens (tertiary/aromatic N) is 3. The predicted molar refractivity (Wildman–Crippen MR) is 117 cm³/mol. The first-order valence-corrected chi connectivity index (χ1v) is 11.8. The third-order valence-corrected chi connectivity index (χ3v) is 8.29. The summed E-state index contributed by atoms with van der Waals surface area (Å²) in [6.45, 7) is 4.78. The lowest BCUT2D eigenvalue weighted by molar-refractivity contribution is 0.171. The van der Waals surface area contributed by atoms with E-state index in [1.54, 1.807) is 0 Å². The summed E-state index contributed by atoms with van der Waals surface area (Å²) in [6, 6.07) is 10.9. The highest BCUT2D eigenvalue weighted by molar-refractivity contribution is 5.44. The maximum atomic E-state index is 5.67. The molecule has 0 saturated heterocycles. The zero-order chi connectivity index (χ0) is 20.3. The minimum absolute atomic E-state index is 0.0506. The molecule has 0 N–H and O–H groups in total. The molecule has 1 aromatic carbocycles. The fourth-order valence-electron chi connectivity index (χ4n) is 6.82. The SMILES string of the molecule is C[C@H]1c2oncc2C[C@@]2(C)c3nc(C4CCCCC4)n(-c4ccccc4)c3CC[C@H]12. The molecule has 4 heteroatoms. The van der Waals surface area contributed by atoms with Crippen molar-refractivity contribution in [3.63, 3.8) is 0 Å². The Balaban J connectivity index is 1.54. The van der Waals surface area contributed by atoms with Crippen LogP contribution in [0.1, 0.15) is 92.7 Å². The Morgan fingerprint density at radius 2 is 1.87 bits per heavy atom. The van der Waals surface area contributed by atoms with E-state index in [4.69, 9.17) is 9.51 Å². The summed E-state index contributed by atoms with van der Waals surface area (Å²) in [4.78, 5) is 5.51. The molecule has 6 rings (SSSR count). The summed E-state index contributed by atoms with van der Waals surface area (Å²) in [5.41, 5.74) is 5.41. The zero-order valence-electron chi connectivity index (χ0n) is 18.1. The molecule has 156 valence electrons. The van der Waals surface area contributed by atoms with Gasteiger partial charge in [0.25, 0.3) is 0 Å². The number of fused-ring (bicyclic) bond motifs is 4. The van der Waals surface area contributed by atoms with E-state index in [0.717, 1.165) is 18.6 Å². The van der Waals surface area contributed by atoms with E-state index in [9.17, 15) is 0 Å². The summed E-state index contributed by atoms with van der Waals surface area (Å²) < 4.78 is 8.21. The highest BCUT2D eigenvalue weighted by Crippen LogP contribution is 2.54. The van der Waals surface area contributed by atoms with Gasteiger partial charge in [-0.15, -0.1) is 0 Å². The number of para-hydroxylation sites is 1. The highest BCUT2D eigenvalue weighted by Gasteiger charge is 2.51. The van der Waals surface area contributed by atoms with Gasteiger partial charge >= 0.3 is 0 Å². The summed E-state index contributed by atoms with van der Waals surface area (Å²) >= 11 is 0. The molecule has 1 saturated carbocycles. The number of imidazole rings is 1. The van der Waals surface area contributed by atoms with Gasteiger partial charge in [0.05, 0.1) is 11.9 Å². The van der Waals surface area contributed by atoms with Gasteiger partial charge in [0.15, 0.2) is 0 Å². The van der Waals surface area contributed by atoms with Crippen molar-refractivity contribution in [3.8, 4) is 5.69 Å². The molecule has 0 spiro atoms. The van der Waals surface area contributed by atoms with E-state index >= 15 is 0 Å². The third-order valence-electron chi connectivity index (χ3n) is 8.29. The summed E-state index contributed by atoms with van der Waals surface area (Å²) in [5, 5.41) is 4.14. The Kier molecular flexibility index (Phi) is 4.19. The van der Waals surface area contributed by atoms with Gasteiger partial charge in [-0.3, -0.25) is 0 Å². The fourth-order valence-corrected chi connectivity index (χ4v) is 6.82. The second kappa shape index (κ2) is 6.83. The monoisotopic (exact) mass is 401 g/mol. The van der Waals surface area contributed by atoms with Gasteiger partial charge in [0, 0.05) is 34.2 Å². The maximum absolute atomic E-state index is 5.67. The fraction of sp³-hybridized carbons (Fsp3) is 0.538. The van der Waals surface area contributed by atoms with Crippen molar-refractivity contribution in [2.75, 3.05) is 0 Å². The lowest BCUT2D eigenvalue weighted by Gasteiger charge is -2.46. The van der Waals surface area contributed by atoms with Crippen LogP contribution in [0, 0.1) is 5.92 Å². The molecule has 4 nitrogen and oxygen atoms in total. The number of rotatable bonds is 2. The molecule has 3 aliphatic carbocycles. The quantitative estimate of drug-likeness (QED) is 0.522. The van der Waals surface area contributed by atoms with E-state index in [2.05, 4.69) is 53.9 Å². The van der Waals surface area contributed by atoms with Crippen molar-refractivity contribution in [2.45, 2.75) is 82.5 Å². The maximum Gasteiger partial charge on any atom is 0.143 e. The number of hydrogen-bond acceptors (Lipinski definition) is 3. The third kappa shape index (κ3) is 2.58. The van der Waals surface area contributed by atoms with Crippen LogP contribution in [0.4, 0.5) is 0 Å². The molecule has 0 unspecified atom stereocenters. The first kappa shape index (κ1) is 18.4. The van der Waals surface area contributed by atoms with Crippen LogP contribution in [-0.2, 0) is 18.3 Å². The normalized spacial score (nSPS) is 28.6. The van der Waals surface area contributed by atoms with E-state index in [0.29, 0.717) is 17.8 Å². The van der Waals surface area contributed by atoms with E-state index in [1.165, 1.54) is 67.0 Å². The summed E-state index contributed by atoms with van der Waals surface area (Å²) in [5.74, 6) is 3.96. The molecule has 0 radical (unpaired) electrons. The Labute approximate surface area is 178 Å². The molecule has 2 aromatic heterocycles. The molecule has 1 fully saturated rings. The molecule has 0 amide bonds. The molecule has 30 heavy (non-hydrogen) atoms. The van der Waals surface area contributed by atoms with Gasteiger partial charge in [-0.2, -0.15) is 0 Å². The molecule has 2 heterocycles. The summed E-state index contributed by atoms with van der Waals surface area (Å²) in [6.07, 6.45) is 11.8. The molecular formula is C26H31N3O. The Morgan fingerprint density at radius 3 is 2.67 bits per heavy atom. The second-order valence-corrected chi connectivity index (χ2v) is 10.0. The van der Waals surface area contributed by atoms with Crippen LogP contribution in [0.25, 0.3) is 5.69 Å². The zero-order valence-corrected chi connectivity index (χ0v) is 18.1. The standard InChI is InChI=1S/C26H31N3O/c1-17-21-13-14-22-24(26(21,2)15-19-16-27-30-23(17)19)28-25(18-9-5-3-6-10-18)29(22)20-11-7-4-8-12-20/h4,7-8,11-12,16-18,21H,3,5-6,9-10,13-15H2,1-2H3/t17-,21-,26-/m1/s1. The van der Waals surface area contributed by atoms with Gasteiger partial charge in [-0.25, -0.2) is 4.98 Å². The summed E-state index contributed by atoms with van der Waals surface area (Å²) in [7, 11) is 0. The first-order valence-electron chi connectivity index (χ1n) is 11.8. The average Bonchev–Trinajstić information content (AvgIpc) is 3.40. The van der Waals surface area contributed by atoms with Crippen LogP contribution in [0.15, 0.2) is 41.1 Å². The lowest BCUT2D eigenvalue weighted by Crippen LogP contribution is -2.44. The van der Waals surface area contributed by atoms with Crippen molar-refractivity contribution < 1.29 is 4.52 Å². The van der Waals surface area contributed by atoms with Crippen LogP contribution >= 0.6 is 0 Å². The topological polar surface area (TPSA) is 43.9 Å². The minimum Gasteiger partial charge on any atom is -0.361 e. The van der Waals surface area contributed by atoms with Crippen molar-refractivity contribution in [2.24, 2.45) is 5.92 Å². The average molecular weight is 402 g/mol. The Bertz CT molecular complexity index is 1060. The molecule has 3 atom stereocenters. The van der Waals surface area contributed by atoms with Crippen molar-refractivity contribution in [3.05, 3.63) is 65.1 Å². The van der Waals surface area contributed by atoms with Gasteiger partial charge in [0.2, 0.25) is 0 Å². The number of hydrogen-bond donors (Lipinski definition) is 0. The highest BCUT2D eigenvalue weighted by atomic mass is 16.5. The Hall–Kier alpha value is -2.36. The van der Waals surface area contributed by atoms with Crippen molar-refractivity contribution in [1.29, 1.82) is 0 Å². The Morgan fingerprint density at radius 1 is 1.07 bits per heavy atom. The second-order valence-electron chi connectivity index (χ2n) is 10.0.